The maximum absolute atomic E-state index is 14.0. The van der Waals surface area contributed by atoms with Gasteiger partial charge in [0, 0.05) is 28.9 Å². The van der Waals surface area contributed by atoms with Crippen LogP contribution in [-0.2, 0) is 0 Å². The van der Waals surface area contributed by atoms with E-state index < -0.39 is 65.8 Å². The maximum atomic E-state index is 14.0. The fraction of sp³-hybridized carbons (Fsp3) is 0.583. The van der Waals surface area contributed by atoms with Crippen LogP contribution in [0.2, 0.25) is 0 Å². The lowest BCUT2D eigenvalue weighted by atomic mass is 9.91. The Morgan fingerprint density at radius 3 is 2.52 bits per heavy atom. The number of fused-ring (bicyclic) bond motifs is 1. The monoisotopic (exact) mass is 336 g/mol. The zero-order valence-electron chi connectivity index (χ0n) is 11.3. The number of hydrogen-bond donors (Lipinski definition) is 1. The van der Waals surface area contributed by atoms with Crippen LogP contribution in [0.1, 0.15) is 36.2 Å². The molecule has 1 saturated carbocycles. The summed E-state index contributed by atoms with van der Waals surface area (Å²) in [5.74, 6) is -8.17. The first-order valence-corrected chi connectivity index (χ1v) is 6.49. The fourth-order valence-corrected chi connectivity index (χ4v) is 2.65. The van der Waals surface area contributed by atoms with Gasteiger partial charge in [0.1, 0.15) is 23.8 Å². The van der Waals surface area contributed by atoms with E-state index in [0.29, 0.717) is 0 Å². The van der Waals surface area contributed by atoms with Crippen molar-refractivity contribution in [1.82, 2.24) is 4.98 Å². The summed E-state index contributed by atoms with van der Waals surface area (Å²) < 4.78 is 72.2. The number of aliphatic hydroxyl groups excluding tert-OH is 1. The Labute approximate surface area is 125 Å². The molecule has 0 bridgehead atoms. The molecule has 3 rings (SSSR count). The highest BCUT2D eigenvalue weighted by Crippen LogP contribution is 2.57. The molecule has 0 aromatic carbocycles. The molecular formula is C12H9F5N4O2. The van der Waals surface area contributed by atoms with Gasteiger partial charge in [0.15, 0.2) is 6.17 Å². The number of pyridine rings is 1. The minimum absolute atomic E-state index is 0.471. The van der Waals surface area contributed by atoms with Gasteiger partial charge >= 0.3 is 5.92 Å². The molecule has 1 aromatic rings. The van der Waals surface area contributed by atoms with Crippen LogP contribution < -0.4 is 4.74 Å². The second kappa shape index (κ2) is 4.93. The number of aromatic nitrogens is 1. The number of hydrogen-bond acceptors (Lipinski definition) is 4. The topological polar surface area (TPSA) is 91.1 Å². The summed E-state index contributed by atoms with van der Waals surface area (Å²) >= 11 is 0. The Bertz CT molecular complexity index is 699. The number of azide groups is 1. The zero-order valence-corrected chi connectivity index (χ0v) is 11.3. The van der Waals surface area contributed by atoms with Gasteiger partial charge in [-0.15, -0.1) is 0 Å². The third-order valence-electron chi connectivity index (χ3n) is 3.82. The van der Waals surface area contributed by atoms with Crippen molar-refractivity contribution in [3.8, 4) is 5.75 Å². The average molecular weight is 336 g/mol. The molecule has 6 nitrogen and oxygen atoms in total. The van der Waals surface area contributed by atoms with E-state index in [1.165, 1.54) is 0 Å². The van der Waals surface area contributed by atoms with Gasteiger partial charge in [0.2, 0.25) is 0 Å². The summed E-state index contributed by atoms with van der Waals surface area (Å²) in [4.78, 5) is 5.92. The highest BCUT2D eigenvalue weighted by atomic mass is 19.3. The molecule has 1 heterocycles. The molecule has 2 aliphatic rings. The van der Waals surface area contributed by atoms with Gasteiger partial charge in [0.25, 0.3) is 5.92 Å². The first-order chi connectivity index (χ1) is 10.7. The van der Waals surface area contributed by atoms with Crippen molar-refractivity contribution in [2.24, 2.45) is 5.11 Å². The van der Waals surface area contributed by atoms with Crippen LogP contribution in [0.3, 0.4) is 0 Å². The highest BCUT2D eigenvalue weighted by molar-refractivity contribution is 5.57. The van der Waals surface area contributed by atoms with Crippen LogP contribution >= 0.6 is 0 Å². The van der Waals surface area contributed by atoms with Crippen molar-refractivity contribution in [3.63, 3.8) is 0 Å². The van der Waals surface area contributed by atoms with E-state index in [2.05, 4.69) is 15.0 Å². The van der Waals surface area contributed by atoms with Crippen molar-refractivity contribution in [2.75, 3.05) is 0 Å². The number of ether oxygens (including phenoxy) is 1. The summed E-state index contributed by atoms with van der Waals surface area (Å²) in [5, 5.41) is 12.7. The number of halogens is 5. The molecule has 11 heteroatoms. The summed E-state index contributed by atoms with van der Waals surface area (Å²) in [6, 6.07) is 0. The second-order valence-electron chi connectivity index (χ2n) is 5.41. The molecule has 0 saturated heterocycles. The van der Waals surface area contributed by atoms with Crippen LogP contribution in [0.5, 0.6) is 5.75 Å². The number of nitrogens with zero attached hydrogens (tertiary/aromatic N) is 4. The first-order valence-electron chi connectivity index (χ1n) is 6.49. The van der Waals surface area contributed by atoms with Crippen molar-refractivity contribution in [1.29, 1.82) is 0 Å². The third kappa shape index (κ3) is 2.36. The van der Waals surface area contributed by atoms with Gasteiger partial charge in [-0.25, -0.2) is 13.2 Å². The van der Waals surface area contributed by atoms with E-state index in [-0.39, 0.29) is 0 Å². The van der Waals surface area contributed by atoms with Gasteiger partial charge in [-0.2, -0.15) is 8.78 Å². The Balaban J connectivity index is 2.02. The van der Waals surface area contributed by atoms with Gasteiger partial charge in [-0.3, -0.25) is 4.98 Å². The quantitative estimate of drug-likeness (QED) is 0.393. The molecule has 0 unspecified atom stereocenters. The van der Waals surface area contributed by atoms with Crippen LogP contribution in [0.15, 0.2) is 11.3 Å². The number of alkyl halides is 5. The molecule has 1 aromatic heterocycles. The second-order valence-corrected chi connectivity index (χ2v) is 5.41. The molecule has 0 spiro atoms. The van der Waals surface area contributed by atoms with Gasteiger partial charge < -0.3 is 9.84 Å². The standard InChI is InChI=1S/C12H9F5N4O2/c13-8-6-5(23-4-1-11(14,15)2-4)3-19-10(20-21-18)7(6)9(22)12(8,16)17/h3-4,8-9,22H,1-2H2/t8-,9+/m1/s1. The predicted octanol–water partition coefficient (Wildman–Crippen LogP) is 3.89. The molecule has 2 atom stereocenters. The van der Waals surface area contributed by atoms with Crippen LogP contribution in [0, 0.1) is 0 Å². The van der Waals surface area contributed by atoms with Crippen molar-refractivity contribution < 1.29 is 31.8 Å². The molecule has 0 radical (unpaired) electrons. The van der Waals surface area contributed by atoms with E-state index in [1.54, 1.807) is 0 Å². The summed E-state index contributed by atoms with van der Waals surface area (Å²) in [5.41, 5.74) is 6.98. The highest BCUT2D eigenvalue weighted by Gasteiger charge is 2.59. The summed E-state index contributed by atoms with van der Waals surface area (Å²) in [7, 11) is 0. The van der Waals surface area contributed by atoms with Crippen LogP contribution in [0.25, 0.3) is 10.4 Å². The van der Waals surface area contributed by atoms with Crippen molar-refractivity contribution in [2.45, 2.75) is 43.1 Å². The number of aliphatic hydroxyl groups is 1. The fourth-order valence-electron chi connectivity index (χ4n) is 2.65. The molecule has 0 aliphatic heterocycles. The van der Waals surface area contributed by atoms with Gasteiger partial charge in [-0.05, 0) is 10.6 Å². The molecule has 1 fully saturated rings. The largest absolute Gasteiger partial charge is 0.488 e. The lowest BCUT2D eigenvalue weighted by Crippen LogP contribution is -2.43. The molecular weight excluding hydrogens is 327 g/mol. The van der Waals surface area contributed by atoms with E-state index in [1.807, 2.05) is 0 Å². The molecule has 124 valence electrons. The first kappa shape index (κ1) is 15.8. The lowest BCUT2D eigenvalue weighted by molar-refractivity contribution is -0.145. The van der Waals surface area contributed by atoms with Crippen LogP contribution in [0.4, 0.5) is 27.8 Å². The summed E-state index contributed by atoms with van der Waals surface area (Å²) in [6.07, 6.45) is -6.92. The average Bonchev–Trinajstić information content (AvgIpc) is 2.61. The molecule has 2 aliphatic carbocycles. The third-order valence-corrected chi connectivity index (χ3v) is 3.82. The predicted molar refractivity (Wildman–Crippen MR) is 65.4 cm³/mol. The Kier molecular flexibility index (Phi) is 3.38. The van der Waals surface area contributed by atoms with E-state index in [9.17, 15) is 27.1 Å². The molecule has 0 amide bonds. The molecule has 23 heavy (non-hydrogen) atoms. The van der Waals surface area contributed by atoms with Gasteiger partial charge in [0.05, 0.1) is 6.20 Å². The van der Waals surface area contributed by atoms with Crippen molar-refractivity contribution >= 4 is 5.82 Å². The Morgan fingerprint density at radius 2 is 1.96 bits per heavy atom. The zero-order chi connectivity index (χ0) is 17.0. The summed E-state index contributed by atoms with van der Waals surface area (Å²) in [6.45, 7) is 0. The van der Waals surface area contributed by atoms with Gasteiger partial charge in [-0.1, -0.05) is 0 Å². The Hall–Kier alpha value is -2.13. The Morgan fingerprint density at radius 1 is 1.30 bits per heavy atom. The van der Waals surface area contributed by atoms with E-state index >= 15 is 0 Å². The normalized spacial score (nSPS) is 27.7. The van der Waals surface area contributed by atoms with Crippen LogP contribution in [-0.4, -0.2) is 28.0 Å². The van der Waals surface area contributed by atoms with Crippen molar-refractivity contribution in [3.05, 3.63) is 27.8 Å². The maximum Gasteiger partial charge on any atom is 0.312 e. The SMILES string of the molecule is [N-]=[N+]=Nc1ncc(OC2CC(F)(F)C2)c2c1[C@H](O)C(F)(F)[C@@H]2F. The minimum atomic E-state index is -4.17. The minimum Gasteiger partial charge on any atom is -0.488 e. The number of rotatable bonds is 3. The van der Waals surface area contributed by atoms with E-state index in [0.717, 1.165) is 6.20 Å². The molecule has 1 N–H and O–H groups in total. The van der Waals surface area contributed by atoms with E-state index in [4.69, 9.17) is 10.3 Å². The smallest absolute Gasteiger partial charge is 0.312 e. The lowest BCUT2D eigenvalue weighted by Gasteiger charge is -2.35.